The van der Waals surface area contributed by atoms with Gasteiger partial charge in [-0.3, -0.25) is 9.48 Å². The van der Waals surface area contributed by atoms with Crippen LogP contribution in [0.5, 0.6) is 0 Å². The number of hydrogen-bond donors (Lipinski definition) is 0. The van der Waals surface area contributed by atoms with Crippen LogP contribution in [0.4, 0.5) is 19.0 Å². The summed E-state index contributed by atoms with van der Waals surface area (Å²) in [4.78, 5) is 20.9. The molecule has 1 aliphatic heterocycles. The molecule has 2 aromatic heterocycles. The minimum absolute atomic E-state index is 0.0487. The summed E-state index contributed by atoms with van der Waals surface area (Å²) in [6.07, 6.45) is -2.84. The lowest BCUT2D eigenvalue weighted by molar-refractivity contribution is -0.137. The Balaban J connectivity index is 1.42. The van der Waals surface area contributed by atoms with Gasteiger partial charge in [0.15, 0.2) is 0 Å². The van der Waals surface area contributed by atoms with Crippen LogP contribution in [0.2, 0.25) is 0 Å². The first-order valence-corrected chi connectivity index (χ1v) is 10.9. The highest BCUT2D eigenvalue weighted by atomic mass is 19.4. The third-order valence-electron chi connectivity index (χ3n) is 5.79. The summed E-state index contributed by atoms with van der Waals surface area (Å²) >= 11 is 0. The van der Waals surface area contributed by atoms with Gasteiger partial charge in [-0.25, -0.2) is 4.98 Å². The highest BCUT2D eigenvalue weighted by Gasteiger charge is 2.31. The average molecular weight is 458 g/mol. The molecule has 1 saturated heterocycles. The van der Waals surface area contributed by atoms with Gasteiger partial charge in [-0.1, -0.05) is 12.1 Å². The van der Waals surface area contributed by atoms with E-state index in [2.05, 4.69) is 10.1 Å². The van der Waals surface area contributed by atoms with E-state index in [0.717, 1.165) is 29.2 Å². The van der Waals surface area contributed by atoms with Crippen LogP contribution in [0.3, 0.4) is 0 Å². The summed E-state index contributed by atoms with van der Waals surface area (Å²) in [5, 5.41) is 4.49. The van der Waals surface area contributed by atoms with E-state index < -0.39 is 11.7 Å². The van der Waals surface area contributed by atoms with Crippen molar-refractivity contribution in [3.8, 4) is 0 Å². The number of anilines is 1. The maximum Gasteiger partial charge on any atom is 0.417 e. The lowest BCUT2D eigenvalue weighted by atomic mass is 10.1. The predicted octanol–water partition coefficient (Wildman–Crippen LogP) is 4.31. The van der Waals surface area contributed by atoms with Crippen LogP contribution in [-0.4, -0.2) is 51.8 Å². The van der Waals surface area contributed by atoms with E-state index in [1.54, 1.807) is 4.90 Å². The summed E-state index contributed by atoms with van der Waals surface area (Å²) < 4.78 is 40.3. The molecule has 1 aliphatic rings. The Kier molecular flexibility index (Phi) is 6.40. The van der Waals surface area contributed by atoms with E-state index in [9.17, 15) is 18.0 Å². The third kappa shape index (κ3) is 5.35. The molecule has 0 N–H and O–H groups in total. The number of hydrogen-bond acceptors (Lipinski definition) is 4. The van der Waals surface area contributed by atoms with Gasteiger partial charge in [0.1, 0.15) is 5.82 Å². The predicted molar refractivity (Wildman–Crippen MR) is 119 cm³/mol. The zero-order chi connectivity index (χ0) is 23.6. The number of pyridine rings is 1. The standard InChI is InChI=1S/C24H26F3N5O/c1-17-13-18(2)32(29-17)16-19-5-3-6-20(14-19)23(33)31-10-4-9-30(11-12-31)22-8-7-21(15-28-22)24(25,26)27/h3,5-8,13-15H,4,9-12,16H2,1-2H3. The summed E-state index contributed by atoms with van der Waals surface area (Å²) in [5.41, 5.74) is 2.87. The van der Waals surface area contributed by atoms with Crippen LogP contribution < -0.4 is 4.90 Å². The lowest BCUT2D eigenvalue weighted by Crippen LogP contribution is -2.35. The molecule has 1 amide bonds. The largest absolute Gasteiger partial charge is 0.417 e. The normalized spacial score (nSPS) is 14.9. The van der Waals surface area contributed by atoms with Gasteiger partial charge in [0.05, 0.1) is 17.8 Å². The molecule has 6 nitrogen and oxygen atoms in total. The maximum atomic E-state index is 13.2. The van der Waals surface area contributed by atoms with Crippen molar-refractivity contribution in [3.05, 3.63) is 76.7 Å². The molecular weight excluding hydrogens is 431 g/mol. The lowest BCUT2D eigenvalue weighted by Gasteiger charge is -2.23. The van der Waals surface area contributed by atoms with E-state index in [4.69, 9.17) is 0 Å². The minimum atomic E-state index is -4.41. The Bertz CT molecular complexity index is 1120. The average Bonchev–Trinajstić information content (AvgIpc) is 2.96. The number of alkyl halides is 3. The highest BCUT2D eigenvalue weighted by molar-refractivity contribution is 5.94. The monoisotopic (exact) mass is 457 g/mol. The molecule has 4 rings (SSSR count). The molecule has 0 aliphatic carbocycles. The number of amides is 1. The first-order valence-electron chi connectivity index (χ1n) is 10.9. The molecular formula is C24H26F3N5O. The fourth-order valence-electron chi connectivity index (χ4n) is 4.08. The molecule has 0 radical (unpaired) electrons. The van der Waals surface area contributed by atoms with Crippen LogP contribution in [0, 0.1) is 13.8 Å². The van der Waals surface area contributed by atoms with Gasteiger partial charge in [-0.05, 0) is 56.2 Å². The first-order chi connectivity index (χ1) is 15.7. The van der Waals surface area contributed by atoms with Gasteiger partial charge in [-0.2, -0.15) is 18.3 Å². The topological polar surface area (TPSA) is 54.3 Å². The Labute approximate surface area is 190 Å². The Morgan fingerprint density at radius 2 is 1.85 bits per heavy atom. The van der Waals surface area contributed by atoms with Crippen molar-refractivity contribution in [1.82, 2.24) is 19.7 Å². The van der Waals surface area contributed by atoms with E-state index in [1.165, 1.54) is 6.07 Å². The van der Waals surface area contributed by atoms with Crippen LogP contribution in [0.15, 0.2) is 48.7 Å². The number of carbonyl (C=O) groups is 1. The number of aryl methyl sites for hydroxylation is 2. The summed E-state index contributed by atoms with van der Waals surface area (Å²) in [7, 11) is 0. The van der Waals surface area contributed by atoms with Gasteiger partial charge in [0.25, 0.3) is 5.91 Å². The van der Waals surface area contributed by atoms with Crippen molar-refractivity contribution in [2.24, 2.45) is 0 Å². The number of aromatic nitrogens is 3. The summed E-state index contributed by atoms with van der Waals surface area (Å²) in [6, 6.07) is 12.0. The van der Waals surface area contributed by atoms with E-state index >= 15 is 0 Å². The van der Waals surface area contributed by atoms with Crippen LogP contribution >= 0.6 is 0 Å². The smallest absolute Gasteiger partial charge is 0.355 e. The summed E-state index contributed by atoms with van der Waals surface area (Å²) in [6.45, 7) is 6.74. The van der Waals surface area contributed by atoms with Gasteiger partial charge >= 0.3 is 6.18 Å². The Hall–Kier alpha value is -3.36. The number of rotatable bonds is 4. The molecule has 0 spiro atoms. The van der Waals surface area contributed by atoms with Gasteiger partial charge in [0.2, 0.25) is 0 Å². The second-order valence-corrected chi connectivity index (χ2v) is 8.32. The van der Waals surface area contributed by atoms with Crippen molar-refractivity contribution >= 4 is 11.7 Å². The fourth-order valence-corrected chi connectivity index (χ4v) is 4.08. The molecule has 0 atom stereocenters. The SMILES string of the molecule is Cc1cc(C)n(Cc2cccc(C(=O)N3CCCN(c4ccc(C(F)(F)F)cn4)CC3)c2)n1. The number of halogens is 3. The molecule has 9 heteroatoms. The molecule has 1 fully saturated rings. The van der Waals surface area contributed by atoms with Crippen molar-refractivity contribution < 1.29 is 18.0 Å². The zero-order valence-corrected chi connectivity index (χ0v) is 18.6. The maximum absolute atomic E-state index is 13.2. The quantitative estimate of drug-likeness (QED) is 0.586. The van der Waals surface area contributed by atoms with Crippen molar-refractivity contribution in [2.75, 3.05) is 31.1 Å². The van der Waals surface area contributed by atoms with Crippen molar-refractivity contribution in [3.63, 3.8) is 0 Å². The minimum Gasteiger partial charge on any atom is -0.355 e. The fraction of sp³-hybridized carbons (Fsp3) is 0.375. The third-order valence-corrected chi connectivity index (χ3v) is 5.79. The first kappa shape index (κ1) is 22.8. The van der Waals surface area contributed by atoms with Gasteiger partial charge < -0.3 is 9.80 Å². The number of nitrogens with zero attached hydrogens (tertiary/aromatic N) is 5. The number of benzene rings is 1. The van der Waals surface area contributed by atoms with E-state index in [0.29, 0.717) is 50.5 Å². The van der Waals surface area contributed by atoms with Crippen molar-refractivity contribution in [1.29, 1.82) is 0 Å². The summed E-state index contributed by atoms with van der Waals surface area (Å²) in [5.74, 6) is 0.441. The molecule has 1 aromatic carbocycles. The number of carbonyl (C=O) groups excluding carboxylic acids is 1. The van der Waals surface area contributed by atoms with Crippen molar-refractivity contribution in [2.45, 2.75) is 33.0 Å². The second kappa shape index (κ2) is 9.25. The molecule has 3 heterocycles. The zero-order valence-electron chi connectivity index (χ0n) is 18.6. The highest BCUT2D eigenvalue weighted by Crippen LogP contribution is 2.29. The molecule has 0 bridgehead atoms. The molecule has 0 unspecified atom stereocenters. The van der Waals surface area contributed by atoms with Gasteiger partial charge in [-0.15, -0.1) is 0 Å². The second-order valence-electron chi connectivity index (χ2n) is 8.32. The van der Waals surface area contributed by atoms with Crippen LogP contribution in [0.25, 0.3) is 0 Å². The van der Waals surface area contributed by atoms with Crippen LogP contribution in [0.1, 0.15) is 39.3 Å². The Morgan fingerprint density at radius 3 is 2.52 bits per heavy atom. The molecule has 0 saturated carbocycles. The van der Waals surface area contributed by atoms with Crippen LogP contribution in [-0.2, 0) is 12.7 Å². The Morgan fingerprint density at radius 1 is 1.03 bits per heavy atom. The van der Waals surface area contributed by atoms with Gasteiger partial charge in [0, 0.05) is 43.6 Å². The van der Waals surface area contributed by atoms with E-state index in [-0.39, 0.29) is 5.91 Å². The molecule has 174 valence electrons. The molecule has 33 heavy (non-hydrogen) atoms. The van der Waals surface area contributed by atoms with E-state index in [1.807, 2.05) is 53.8 Å². The molecule has 3 aromatic rings.